The Hall–Kier alpha value is -6.67. The predicted molar refractivity (Wildman–Crippen MR) is 240 cm³/mol. The minimum atomic E-state index is -0.585. The van der Waals surface area contributed by atoms with Crippen molar-refractivity contribution in [3.63, 3.8) is 0 Å². The van der Waals surface area contributed by atoms with Gasteiger partial charge in [0, 0.05) is 22.6 Å². The number of amidine groups is 1. The van der Waals surface area contributed by atoms with Crippen LogP contribution in [0, 0.1) is 17.8 Å². The molecule has 0 saturated carbocycles. The molecule has 0 fully saturated rings. The first-order chi connectivity index (χ1) is 28.5. The summed E-state index contributed by atoms with van der Waals surface area (Å²) in [7, 11) is 0. The molecular formula is C55H46N2O. The maximum Gasteiger partial charge on any atom is 0.132 e. The van der Waals surface area contributed by atoms with E-state index < -0.39 is 5.41 Å². The average Bonchev–Trinajstić information content (AvgIpc) is 3.44. The van der Waals surface area contributed by atoms with Crippen LogP contribution >= 0.6 is 0 Å². The van der Waals surface area contributed by atoms with E-state index >= 15 is 0 Å². The molecule has 10 rings (SSSR count). The molecule has 0 saturated heterocycles. The highest BCUT2D eigenvalue weighted by molar-refractivity contribution is 5.95. The number of nitrogens with zero attached hydrogens (tertiary/aromatic N) is 1. The van der Waals surface area contributed by atoms with Crippen LogP contribution in [-0.2, 0) is 5.41 Å². The zero-order valence-corrected chi connectivity index (χ0v) is 33.2. The van der Waals surface area contributed by atoms with Crippen LogP contribution in [-0.4, -0.2) is 5.84 Å². The fourth-order valence-corrected chi connectivity index (χ4v) is 9.83. The van der Waals surface area contributed by atoms with Gasteiger partial charge in [0.15, 0.2) is 0 Å². The standard InChI is InChI=1S/C55H46N2O/c1-36-18-7-9-26-43(36)54-56-49(34-38(3)53(57-54)46-29-17-21-39-20-8-10-27-44(39)46)41-23-16-22-40(35-41)45-28-15-19-37(2)52(45)55(42-24-5-4-6-25-42)47-30-11-13-32-50(47)58-51-33-14-12-31-48(51)55/h4-18,20-33,35-37,43,53H,19H2,1-3H3,(H,56,57). The Bertz CT molecular complexity index is 2760. The van der Waals surface area contributed by atoms with Crippen molar-refractivity contribution < 1.29 is 4.74 Å². The van der Waals surface area contributed by atoms with Crippen LogP contribution in [0.15, 0.2) is 204 Å². The SMILES string of the molecule is CC1=C=C(c2cccc(C3=C(C4(c5ccccc5)c5ccccc5Oc5ccccc54)C(C)CC=C3)c2)N=C(C2C=CC=CC2C)NC1c1cccc2ccccc12. The molecular weight excluding hydrogens is 705 g/mol. The second kappa shape index (κ2) is 14.7. The van der Waals surface area contributed by atoms with Crippen molar-refractivity contribution in [2.24, 2.45) is 22.7 Å². The van der Waals surface area contributed by atoms with Gasteiger partial charge in [-0.05, 0) is 87.6 Å². The summed E-state index contributed by atoms with van der Waals surface area (Å²) in [6, 6.07) is 52.4. The molecule has 0 spiro atoms. The summed E-state index contributed by atoms with van der Waals surface area (Å²) in [4.78, 5) is 5.51. The minimum absolute atomic E-state index is 0.0899. The molecule has 4 aliphatic rings. The van der Waals surface area contributed by atoms with Gasteiger partial charge in [-0.3, -0.25) is 0 Å². The fraction of sp³-hybridized carbons (Fsp3) is 0.164. The quantitative estimate of drug-likeness (QED) is 0.172. The number of nitrogens with one attached hydrogen (secondary N) is 1. The summed E-state index contributed by atoms with van der Waals surface area (Å²) in [5.41, 5.74) is 14.8. The largest absolute Gasteiger partial charge is 0.457 e. The van der Waals surface area contributed by atoms with E-state index in [0.717, 1.165) is 46.2 Å². The molecule has 2 aliphatic carbocycles. The van der Waals surface area contributed by atoms with E-state index in [4.69, 9.17) is 9.73 Å². The highest BCUT2D eigenvalue weighted by Gasteiger charge is 2.49. The molecule has 6 aromatic carbocycles. The van der Waals surface area contributed by atoms with Gasteiger partial charge in [-0.15, -0.1) is 0 Å². The summed E-state index contributed by atoms with van der Waals surface area (Å²) in [6.07, 6.45) is 14.5. The smallest absolute Gasteiger partial charge is 0.132 e. The van der Waals surface area contributed by atoms with Crippen molar-refractivity contribution in [1.29, 1.82) is 0 Å². The lowest BCUT2D eigenvalue weighted by Gasteiger charge is -2.46. The number of hydrogen-bond acceptors (Lipinski definition) is 3. The Morgan fingerprint density at radius 3 is 2.17 bits per heavy atom. The highest BCUT2D eigenvalue weighted by Crippen LogP contribution is 2.59. The summed E-state index contributed by atoms with van der Waals surface area (Å²) in [6.45, 7) is 6.85. The molecule has 1 N–H and O–H groups in total. The first kappa shape index (κ1) is 35.7. The van der Waals surface area contributed by atoms with Gasteiger partial charge in [0.1, 0.15) is 23.0 Å². The third-order valence-electron chi connectivity index (χ3n) is 12.6. The molecule has 58 heavy (non-hydrogen) atoms. The van der Waals surface area contributed by atoms with E-state index in [2.05, 4.69) is 214 Å². The number of benzene rings is 6. The van der Waals surface area contributed by atoms with E-state index in [0.29, 0.717) is 0 Å². The van der Waals surface area contributed by atoms with Gasteiger partial charge in [-0.25, -0.2) is 4.99 Å². The lowest BCUT2D eigenvalue weighted by Crippen LogP contribution is -2.38. The van der Waals surface area contributed by atoms with E-state index in [9.17, 15) is 0 Å². The molecule has 0 aromatic heterocycles. The Morgan fingerprint density at radius 2 is 1.38 bits per heavy atom. The molecule has 2 heterocycles. The molecule has 2 aliphatic heterocycles. The van der Waals surface area contributed by atoms with Crippen LogP contribution in [0.3, 0.4) is 0 Å². The molecule has 6 aromatic rings. The van der Waals surface area contributed by atoms with Gasteiger partial charge in [-0.2, -0.15) is 0 Å². The molecule has 4 atom stereocenters. The molecule has 282 valence electrons. The van der Waals surface area contributed by atoms with Gasteiger partial charge in [0.25, 0.3) is 0 Å². The minimum Gasteiger partial charge on any atom is -0.457 e. The first-order valence-corrected chi connectivity index (χ1v) is 20.6. The zero-order valence-electron chi connectivity index (χ0n) is 33.2. The van der Waals surface area contributed by atoms with Gasteiger partial charge in [0.05, 0.1) is 11.5 Å². The van der Waals surface area contributed by atoms with Gasteiger partial charge in [-0.1, -0.05) is 183 Å². The van der Waals surface area contributed by atoms with Crippen molar-refractivity contribution in [2.75, 3.05) is 0 Å². The van der Waals surface area contributed by atoms with E-state index in [1.165, 1.54) is 44.2 Å². The molecule has 0 bridgehead atoms. The summed E-state index contributed by atoms with van der Waals surface area (Å²) in [5.74, 6) is 3.38. The third-order valence-corrected chi connectivity index (χ3v) is 12.6. The number of ether oxygens (including phenoxy) is 1. The van der Waals surface area contributed by atoms with Crippen molar-refractivity contribution in [1.82, 2.24) is 5.32 Å². The molecule has 0 amide bonds. The number of allylic oxidation sites excluding steroid dienone is 7. The molecule has 3 nitrogen and oxygen atoms in total. The van der Waals surface area contributed by atoms with E-state index in [1.54, 1.807) is 0 Å². The lowest BCUT2D eigenvalue weighted by atomic mass is 9.58. The van der Waals surface area contributed by atoms with Crippen LogP contribution in [0.25, 0.3) is 22.0 Å². The number of fused-ring (bicyclic) bond motifs is 3. The predicted octanol–water partition coefficient (Wildman–Crippen LogP) is 13.3. The highest BCUT2D eigenvalue weighted by atomic mass is 16.5. The normalized spacial score (nSPS) is 21.8. The summed E-state index contributed by atoms with van der Waals surface area (Å²) in [5, 5.41) is 6.43. The van der Waals surface area contributed by atoms with Crippen LogP contribution in [0.2, 0.25) is 0 Å². The van der Waals surface area contributed by atoms with E-state index in [1.807, 2.05) is 0 Å². The molecule has 3 heteroatoms. The van der Waals surface area contributed by atoms with Crippen LogP contribution in [0.1, 0.15) is 66.6 Å². The summed E-state index contributed by atoms with van der Waals surface area (Å²) >= 11 is 0. The number of rotatable bonds is 6. The van der Waals surface area contributed by atoms with Gasteiger partial charge < -0.3 is 10.1 Å². The topological polar surface area (TPSA) is 33.6 Å². The monoisotopic (exact) mass is 750 g/mol. The average molecular weight is 751 g/mol. The molecule has 4 unspecified atom stereocenters. The van der Waals surface area contributed by atoms with Crippen molar-refractivity contribution >= 4 is 27.9 Å². The first-order valence-electron chi connectivity index (χ1n) is 20.6. The van der Waals surface area contributed by atoms with Crippen LogP contribution < -0.4 is 10.1 Å². The number of aliphatic imine (C=N–C) groups is 1. The van der Waals surface area contributed by atoms with Gasteiger partial charge in [0.2, 0.25) is 0 Å². The third kappa shape index (κ3) is 5.94. The number of para-hydroxylation sites is 2. The summed E-state index contributed by atoms with van der Waals surface area (Å²) < 4.78 is 6.69. The Labute approximate surface area is 341 Å². The van der Waals surface area contributed by atoms with Crippen molar-refractivity contribution in [3.05, 3.63) is 232 Å². The maximum absolute atomic E-state index is 6.69. The van der Waals surface area contributed by atoms with Crippen molar-refractivity contribution in [2.45, 2.75) is 38.6 Å². The fourth-order valence-electron chi connectivity index (χ4n) is 9.83. The Kier molecular flexibility index (Phi) is 9.04. The van der Waals surface area contributed by atoms with Crippen molar-refractivity contribution in [3.8, 4) is 11.5 Å². The number of hydrogen-bond donors (Lipinski definition) is 1. The Balaban J connectivity index is 1.20. The molecule has 0 radical (unpaired) electrons. The zero-order chi connectivity index (χ0) is 39.2. The maximum atomic E-state index is 6.69. The van der Waals surface area contributed by atoms with Gasteiger partial charge >= 0.3 is 0 Å². The van der Waals surface area contributed by atoms with Crippen LogP contribution in [0.4, 0.5) is 0 Å². The lowest BCUT2D eigenvalue weighted by molar-refractivity contribution is 0.422. The second-order valence-corrected chi connectivity index (χ2v) is 16.1. The van der Waals surface area contributed by atoms with E-state index in [-0.39, 0.29) is 23.8 Å². The van der Waals surface area contributed by atoms with Crippen LogP contribution in [0.5, 0.6) is 11.5 Å². The Morgan fingerprint density at radius 1 is 0.707 bits per heavy atom. The second-order valence-electron chi connectivity index (χ2n) is 16.1.